The number of aliphatic hydroxyl groups excluding tert-OH is 1. The van der Waals surface area contributed by atoms with E-state index in [2.05, 4.69) is 29.3 Å². The first-order valence-corrected chi connectivity index (χ1v) is 12.6. The van der Waals surface area contributed by atoms with Crippen LogP contribution in [-0.2, 0) is 20.9 Å². The van der Waals surface area contributed by atoms with Crippen LogP contribution in [0.5, 0.6) is 0 Å². The summed E-state index contributed by atoms with van der Waals surface area (Å²) in [4.78, 5) is 13.9. The lowest BCUT2D eigenvalue weighted by molar-refractivity contribution is -0.276. The fraction of sp³-hybridized carbons (Fsp3) is 0.536. The van der Waals surface area contributed by atoms with E-state index in [0.717, 1.165) is 42.0 Å². The van der Waals surface area contributed by atoms with Crippen molar-refractivity contribution in [2.24, 2.45) is 5.92 Å². The standard InChI is InChI=1S/C28H38N2O4/c1-20-26(18-30-16-6-4-3-5-7-17-30)33-28(24-12-14-25(15-13-24)29-21(2)32)34-27(20)23-10-8-22(19-31)9-11-23/h8-15,20,26-28,31H,3-7,16-19H2,1-2H3,(H,29,32). The highest BCUT2D eigenvalue weighted by atomic mass is 16.7. The van der Waals surface area contributed by atoms with E-state index in [1.165, 1.54) is 39.0 Å². The zero-order valence-corrected chi connectivity index (χ0v) is 20.4. The first-order chi connectivity index (χ1) is 16.5. The molecular weight excluding hydrogens is 428 g/mol. The van der Waals surface area contributed by atoms with Crippen LogP contribution in [0.15, 0.2) is 48.5 Å². The van der Waals surface area contributed by atoms with Gasteiger partial charge >= 0.3 is 0 Å². The van der Waals surface area contributed by atoms with Crippen LogP contribution in [0.25, 0.3) is 0 Å². The Morgan fingerprint density at radius 1 is 0.941 bits per heavy atom. The molecule has 1 amide bonds. The van der Waals surface area contributed by atoms with Gasteiger partial charge in [-0.1, -0.05) is 62.6 Å². The maximum Gasteiger partial charge on any atom is 0.221 e. The number of carbonyl (C=O) groups is 1. The van der Waals surface area contributed by atoms with Crippen LogP contribution in [0.4, 0.5) is 5.69 Å². The molecule has 4 atom stereocenters. The van der Waals surface area contributed by atoms with Gasteiger partial charge in [-0.15, -0.1) is 0 Å². The van der Waals surface area contributed by atoms with Gasteiger partial charge in [0.2, 0.25) is 5.91 Å². The number of benzene rings is 2. The number of nitrogens with one attached hydrogen (secondary N) is 1. The Balaban J connectivity index is 1.56. The lowest BCUT2D eigenvalue weighted by Gasteiger charge is -2.43. The Kier molecular flexibility index (Phi) is 8.73. The number of amides is 1. The number of anilines is 1. The molecule has 4 rings (SSSR count). The molecule has 6 heteroatoms. The van der Waals surface area contributed by atoms with Gasteiger partial charge in [-0.2, -0.15) is 0 Å². The summed E-state index contributed by atoms with van der Waals surface area (Å²) in [6, 6.07) is 15.7. The highest BCUT2D eigenvalue weighted by molar-refractivity contribution is 5.88. The van der Waals surface area contributed by atoms with Gasteiger partial charge in [0.05, 0.1) is 18.8 Å². The first kappa shape index (κ1) is 24.9. The topological polar surface area (TPSA) is 71.0 Å². The number of aliphatic hydroxyl groups is 1. The van der Waals surface area contributed by atoms with Crippen molar-refractivity contribution in [2.75, 3.05) is 25.0 Å². The number of nitrogens with zero attached hydrogens (tertiary/aromatic N) is 1. The summed E-state index contributed by atoms with van der Waals surface area (Å²) in [5.41, 5.74) is 3.70. The lowest BCUT2D eigenvalue weighted by Crippen LogP contribution is -2.45. The first-order valence-electron chi connectivity index (χ1n) is 12.6. The molecule has 184 valence electrons. The molecule has 2 aromatic carbocycles. The monoisotopic (exact) mass is 466 g/mol. The number of rotatable bonds is 6. The minimum Gasteiger partial charge on any atom is -0.392 e. The van der Waals surface area contributed by atoms with E-state index in [1.54, 1.807) is 0 Å². The fourth-order valence-corrected chi connectivity index (χ4v) is 5.00. The summed E-state index contributed by atoms with van der Waals surface area (Å²) in [6.45, 7) is 6.90. The Bertz CT molecular complexity index is 907. The normalized spacial score (nSPS) is 26.4. The Hall–Kier alpha value is -2.25. The minimum atomic E-state index is -0.482. The predicted octanol–water partition coefficient (Wildman–Crippen LogP) is 5.19. The third kappa shape index (κ3) is 6.45. The molecular formula is C28H38N2O4. The maximum atomic E-state index is 11.4. The third-order valence-corrected chi connectivity index (χ3v) is 7.01. The van der Waals surface area contributed by atoms with Crippen molar-refractivity contribution in [2.45, 2.75) is 71.1 Å². The molecule has 0 bridgehead atoms. The number of carbonyl (C=O) groups excluding carboxylic acids is 1. The van der Waals surface area contributed by atoms with Crippen molar-refractivity contribution in [3.05, 3.63) is 65.2 Å². The lowest BCUT2D eigenvalue weighted by atomic mass is 9.89. The van der Waals surface area contributed by atoms with E-state index in [1.807, 2.05) is 36.4 Å². The molecule has 2 aromatic rings. The molecule has 2 fully saturated rings. The van der Waals surface area contributed by atoms with Crippen molar-refractivity contribution in [3.63, 3.8) is 0 Å². The molecule has 2 heterocycles. The molecule has 2 aliphatic rings. The SMILES string of the molecule is CC(=O)Nc1ccc(C2OC(CN3CCCCCCC3)C(C)C(c3ccc(CO)cc3)O2)cc1. The predicted molar refractivity (Wildman–Crippen MR) is 133 cm³/mol. The quantitative estimate of drug-likeness (QED) is 0.613. The largest absolute Gasteiger partial charge is 0.392 e. The van der Waals surface area contributed by atoms with E-state index in [4.69, 9.17) is 9.47 Å². The Labute approximate surface area is 203 Å². The highest BCUT2D eigenvalue weighted by Crippen LogP contribution is 2.42. The van der Waals surface area contributed by atoms with Gasteiger partial charge in [-0.05, 0) is 49.2 Å². The summed E-state index contributed by atoms with van der Waals surface area (Å²) in [6.07, 6.45) is 5.91. The second kappa shape index (κ2) is 11.9. The van der Waals surface area contributed by atoms with Gasteiger partial charge in [0.25, 0.3) is 0 Å². The number of likely N-dealkylation sites (tertiary alicyclic amines) is 1. The van der Waals surface area contributed by atoms with Gasteiger partial charge < -0.3 is 24.8 Å². The average Bonchev–Trinajstić information content (AvgIpc) is 2.82. The van der Waals surface area contributed by atoms with Gasteiger partial charge in [-0.25, -0.2) is 0 Å². The van der Waals surface area contributed by atoms with Gasteiger partial charge in [0.1, 0.15) is 0 Å². The summed E-state index contributed by atoms with van der Waals surface area (Å²) < 4.78 is 13.1. The van der Waals surface area contributed by atoms with Crippen LogP contribution in [0, 0.1) is 5.92 Å². The molecule has 2 saturated heterocycles. The molecule has 4 unspecified atom stereocenters. The number of hydrogen-bond acceptors (Lipinski definition) is 5. The van der Waals surface area contributed by atoms with Crippen LogP contribution in [-0.4, -0.2) is 41.7 Å². The molecule has 6 nitrogen and oxygen atoms in total. The van der Waals surface area contributed by atoms with Crippen molar-refractivity contribution >= 4 is 11.6 Å². The van der Waals surface area contributed by atoms with E-state index in [-0.39, 0.29) is 30.6 Å². The summed E-state index contributed by atoms with van der Waals surface area (Å²) >= 11 is 0. The highest BCUT2D eigenvalue weighted by Gasteiger charge is 2.39. The van der Waals surface area contributed by atoms with Gasteiger partial charge in [-0.3, -0.25) is 4.79 Å². The minimum absolute atomic E-state index is 0.0331. The van der Waals surface area contributed by atoms with Crippen LogP contribution in [0.1, 0.15) is 75.0 Å². The van der Waals surface area contributed by atoms with Crippen molar-refractivity contribution < 1.29 is 19.4 Å². The second-order valence-corrected chi connectivity index (χ2v) is 9.69. The molecule has 34 heavy (non-hydrogen) atoms. The van der Waals surface area contributed by atoms with Gasteiger partial charge in [0, 0.05) is 30.6 Å². The third-order valence-electron chi connectivity index (χ3n) is 7.01. The number of ether oxygens (including phenoxy) is 2. The van der Waals surface area contributed by atoms with Crippen LogP contribution < -0.4 is 5.32 Å². The molecule has 0 radical (unpaired) electrons. The summed E-state index contributed by atoms with van der Waals surface area (Å²) in [7, 11) is 0. The molecule has 2 aliphatic heterocycles. The zero-order chi connectivity index (χ0) is 23.9. The van der Waals surface area contributed by atoms with Crippen molar-refractivity contribution in [1.82, 2.24) is 4.90 Å². The average molecular weight is 467 g/mol. The van der Waals surface area contributed by atoms with Crippen molar-refractivity contribution in [3.8, 4) is 0 Å². The van der Waals surface area contributed by atoms with Crippen LogP contribution >= 0.6 is 0 Å². The maximum absolute atomic E-state index is 11.4. The van der Waals surface area contributed by atoms with E-state index >= 15 is 0 Å². The Morgan fingerprint density at radius 3 is 2.18 bits per heavy atom. The van der Waals surface area contributed by atoms with E-state index in [9.17, 15) is 9.90 Å². The Morgan fingerprint density at radius 2 is 1.56 bits per heavy atom. The van der Waals surface area contributed by atoms with E-state index < -0.39 is 6.29 Å². The molecule has 0 saturated carbocycles. The summed E-state index contributed by atoms with van der Waals surface area (Å²) in [5, 5.41) is 12.3. The van der Waals surface area contributed by atoms with Crippen LogP contribution in [0.3, 0.4) is 0 Å². The fourth-order valence-electron chi connectivity index (χ4n) is 5.00. The van der Waals surface area contributed by atoms with Gasteiger partial charge in [0.15, 0.2) is 6.29 Å². The molecule has 2 N–H and O–H groups in total. The molecule has 0 spiro atoms. The van der Waals surface area contributed by atoms with Crippen LogP contribution in [0.2, 0.25) is 0 Å². The summed E-state index contributed by atoms with van der Waals surface area (Å²) in [5.74, 6) is 0.0896. The molecule has 0 aromatic heterocycles. The second-order valence-electron chi connectivity index (χ2n) is 9.69. The number of hydrogen-bond donors (Lipinski definition) is 2. The zero-order valence-electron chi connectivity index (χ0n) is 20.4. The molecule has 0 aliphatic carbocycles. The van der Waals surface area contributed by atoms with E-state index in [0.29, 0.717) is 0 Å². The smallest absolute Gasteiger partial charge is 0.221 e. The van der Waals surface area contributed by atoms with Crippen molar-refractivity contribution in [1.29, 1.82) is 0 Å².